The number of nitrogens with one attached hydrogen (secondary N) is 2. The predicted molar refractivity (Wildman–Crippen MR) is 136 cm³/mol. The van der Waals surface area contributed by atoms with Crippen molar-refractivity contribution in [1.82, 2.24) is 20.4 Å². The van der Waals surface area contributed by atoms with E-state index in [4.69, 9.17) is 9.73 Å². The Labute approximate surface area is 204 Å². The van der Waals surface area contributed by atoms with Gasteiger partial charge in [0.2, 0.25) is 5.91 Å². The maximum absolute atomic E-state index is 12.1. The quantitative estimate of drug-likeness (QED) is 0.315. The van der Waals surface area contributed by atoms with E-state index in [9.17, 15) is 4.79 Å². The van der Waals surface area contributed by atoms with Gasteiger partial charge in [0.05, 0.1) is 26.3 Å². The Morgan fingerprint density at radius 2 is 1.81 bits per heavy atom. The minimum absolute atomic E-state index is 0. The van der Waals surface area contributed by atoms with Crippen LogP contribution < -0.4 is 10.6 Å². The van der Waals surface area contributed by atoms with Crippen LogP contribution in [0.15, 0.2) is 29.3 Å². The highest BCUT2D eigenvalue weighted by molar-refractivity contribution is 14.0. The smallest absolute Gasteiger partial charge is 0.241 e. The summed E-state index contributed by atoms with van der Waals surface area (Å²) in [7, 11) is 3.55. The van der Waals surface area contributed by atoms with Gasteiger partial charge in [-0.3, -0.25) is 9.69 Å². The largest absolute Gasteiger partial charge is 0.379 e. The van der Waals surface area contributed by atoms with E-state index in [1.54, 1.807) is 19.0 Å². The molecule has 31 heavy (non-hydrogen) atoms. The van der Waals surface area contributed by atoms with Crippen LogP contribution in [-0.2, 0) is 22.6 Å². The van der Waals surface area contributed by atoms with Crippen molar-refractivity contribution < 1.29 is 9.53 Å². The van der Waals surface area contributed by atoms with Crippen LogP contribution in [0.25, 0.3) is 0 Å². The molecule has 2 aliphatic rings. The number of likely N-dealkylation sites (N-methyl/N-ethyl adjacent to an activating group) is 1. The number of hydrogen-bond donors (Lipinski definition) is 2. The van der Waals surface area contributed by atoms with Gasteiger partial charge in [-0.25, -0.2) is 4.99 Å². The molecule has 2 N–H and O–H groups in total. The number of nitrogens with zero attached hydrogens (tertiary/aromatic N) is 3. The van der Waals surface area contributed by atoms with Crippen molar-refractivity contribution in [1.29, 1.82) is 0 Å². The summed E-state index contributed by atoms with van der Waals surface area (Å²) in [6, 6.07) is 8.95. The summed E-state index contributed by atoms with van der Waals surface area (Å²) in [5.74, 6) is 0.777. The molecule has 1 aromatic rings. The van der Waals surface area contributed by atoms with Crippen molar-refractivity contribution in [3.8, 4) is 0 Å². The standard InChI is InChI=1S/C23H37N5O2.HI/c1-27(2)22(29)17-25-23(26-21-10-4-3-5-11-21)24-16-19-8-6-7-9-20(19)18-28-12-14-30-15-13-28;/h6-9,21H,3-5,10-18H2,1-2H3,(H2,24,25,26);1H. The van der Waals surface area contributed by atoms with E-state index < -0.39 is 0 Å². The molecule has 0 radical (unpaired) electrons. The van der Waals surface area contributed by atoms with Crippen LogP contribution in [0.4, 0.5) is 0 Å². The summed E-state index contributed by atoms with van der Waals surface area (Å²) in [5, 5.41) is 6.80. The SMILES string of the molecule is CN(C)C(=O)CNC(=NCc1ccccc1CN1CCOCC1)NC1CCCCC1.I. The second kappa shape index (κ2) is 13.9. The number of ether oxygens (including phenoxy) is 1. The van der Waals surface area contributed by atoms with Crippen molar-refractivity contribution in [2.24, 2.45) is 4.99 Å². The van der Waals surface area contributed by atoms with Gasteiger partial charge < -0.3 is 20.3 Å². The molecule has 1 saturated carbocycles. The van der Waals surface area contributed by atoms with Crippen molar-refractivity contribution in [3.63, 3.8) is 0 Å². The zero-order valence-electron chi connectivity index (χ0n) is 18.9. The van der Waals surface area contributed by atoms with E-state index in [1.807, 2.05) is 0 Å². The third-order valence-corrected chi connectivity index (χ3v) is 5.88. The Morgan fingerprint density at radius 3 is 2.48 bits per heavy atom. The number of morpholine rings is 1. The first-order valence-electron chi connectivity index (χ1n) is 11.2. The summed E-state index contributed by atoms with van der Waals surface area (Å²) in [4.78, 5) is 20.9. The van der Waals surface area contributed by atoms with Crippen LogP contribution in [0.5, 0.6) is 0 Å². The summed E-state index contributed by atoms with van der Waals surface area (Å²) in [6.07, 6.45) is 6.14. The first-order chi connectivity index (χ1) is 14.6. The number of benzene rings is 1. The predicted octanol–water partition coefficient (Wildman–Crippen LogP) is 2.59. The fourth-order valence-corrected chi connectivity index (χ4v) is 3.94. The molecule has 1 heterocycles. The fourth-order valence-electron chi connectivity index (χ4n) is 3.94. The number of rotatable bonds is 7. The number of guanidine groups is 1. The third kappa shape index (κ3) is 8.94. The first-order valence-corrected chi connectivity index (χ1v) is 11.2. The Bertz CT molecular complexity index is 701. The van der Waals surface area contributed by atoms with E-state index in [0.717, 1.165) is 51.6 Å². The van der Waals surface area contributed by atoms with Gasteiger partial charge >= 0.3 is 0 Å². The molecule has 174 valence electrons. The number of halogens is 1. The van der Waals surface area contributed by atoms with Gasteiger partial charge in [-0.1, -0.05) is 43.5 Å². The zero-order valence-corrected chi connectivity index (χ0v) is 21.3. The monoisotopic (exact) mass is 543 g/mol. The van der Waals surface area contributed by atoms with Crippen molar-refractivity contribution in [3.05, 3.63) is 35.4 Å². The molecule has 1 saturated heterocycles. The molecule has 1 aliphatic carbocycles. The van der Waals surface area contributed by atoms with Crippen LogP contribution in [0, 0.1) is 0 Å². The van der Waals surface area contributed by atoms with E-state index in [-0.39, 0.29) is 36.4 Å². The summed E-state index contributed by atoms with van der Waals surface area (Å²) in [6.45, 7) is 5.33. The molecule has 0 aromatic heterocycles. The number of carbonyl (C=O) groups is 1. The van der Waals surface area contributed by atoms with Gasteiger partial charge in [0.25, 0.3) is 0 Å². The molecule has 0 spiro atoms. The lowest BCUT2D eigenvalue weighted by Gasteiger charge is -2.27. The lowest BCUT2D eigenvalue weighted by atomic mass is 9.96. The number of amides is 1. The van der Waals surface area contributed by atoms with Gasteiger partial charge in [-0.05, 0) is 24.0 Å². The van der Waals surface area contributed by atoms with E-state index in [1.165, 1.54) is 30.4 Å². The van der Waals surface area contributed by atoms with Gasteiger partial charge in [0.15, 0.2) is 5.96 Å². The average Bonchev–Trinajstić information content (AvgIpc) is 2.77. The number of carbonyl (C=O) groups excluding carboxylic acids is 1. The lowest BCUT2D eigenvalue weighted by Crippen LogP contribution is -2.47. The minimum Gasteiger partial charge on any atom is -0.379 e. The van der Waals surface area contributed by atoms with Crippen LogP contribution >= 0.6 is 24.0 Å². The van der Waals surface area contributed by atoms with Gasteiger partial charge in [0.1, 0.15) is 0 Å². The van der Waals surface area contributed by atoms with Crippen LogP contribution in [-0.4, -0.2) is 74.7 Å². The van der Waals surface area contributed by atoms with Gasteiger partial charge in [-0.2, -0.15) is 0 Å². The Hall–Kier alpha value is -1.39. The summed E-state index contributed by atoms with van der Waals surface area (Å²) < 4.78 is 5.47. The fraction of sp³-hybridized carbons (Fsp3) is 0.652. The molecule has 1 amide bonds. The van der Waals surface area contributed by atoms with Crippen LogP contribution in [0.1, 0.15) is 43.2 Å². The van der Waals surface area contributed by atoms with Crippen LogP contribution in [0.2, 0.25) is 0 Å². The Balaban J connectivity index is 0.00000341. The highest BCUT2D eigenvalue weighted by Gasteiger charge is 2.16. The minimum atomic E-state index is 0. The number of hydrogen-bond acceptors (Lipinski definition) is 4. The molecule has 2 fully saturated rings. The molecule has 0 bridgehead atoms. The highest BCUT2D eigenvalue weighted by atomic mass is 127. The average molecular weight is 543 g/mol. The normalized spacial score (nSPS) is 18.2. The molecule has 1 aliphatic heterocycles. The third-order valence-electron chi connectivity index (χ3n) is 5.88. The highest BCUT2D eigenvalue weighted by Crippen LogP contribution is 2.18. The Morgan fingerprint density at radius 1 is 1.13 bits per heavy atom. The molecule has 3 rings (SSSR count). The van der Waals surface area contributed by atoms with Crippen molar-refractivity contribution in [2.75, 3.05) is 46.9 Å². The molecule has 0 unspecified atom stereocenters. The maximum Gasteiger partial charge on any atom is 0.241 e. The number of aliphatic imine (C=N–C) groups is 1. The molecule has 1 aromatic carbocycles. The van der Waals surface area contributed by atoms with E-state index in [0.29, 0.717) is 12.6 Å². The lowest BCUT2D eigenvalue weighted by molar-refractivity contribution is -0.127. The topological polar surface area (TPSA) is 69.2 Å². The molecular formula is C23H38IN5O2. The summed E-state index contributed by atoms with van der Waals surface area (Å²) >= 11 is 0. The second-order valence-electron chi connectivity index (χ2n) is 8.44. The van der Waals surface area contributed by atoms with E-state index in [2.05, 4.69) is 39.8 Å². The van der Waals surface area contributed by atoms with Gasteiger partial charge in [0, 0.05) is 39.8 Å². The van der Waals surface area contributed by atoms with Crippen LogP contribution in [0.3, 0.4) is 0 Å². The van der Waals surface area contributed by atoms with Gasteiger partial charge in [-0.15, -0.1) is 24.0 Å². The molecule has 7 nitrogen and oxygen atoms in total. The summed E-state index contributed by atoms with van der Waals surface area (Å²) in [5.41, 5.74) is 2.54. The molecule has 0 atom stereocenters. The maximum atomic E-state index is 12.1. The second-order valence-corrected chi connectivity index (χ2v) is 8.44. The molecule has 8 heteroatoms. The van der Waals surface area contributed by atoms with E-state index >= 15 is 0 Å². The molecular weight excluding hydrogens is 505 g/mol. The first kappa shape index (κ1) is 25.9. The van der Waals surface area contributed by atoms with Crippen molar-refractivity contribution in [2.45, 2.75) is 51.2 Å². The Kier molecular flexibility index (Phi) is 11.6. The zero-order chi connectivity index (χ0) is 21.2. The van der Waals surface area contributed by atoms with Crippen molar-refractivity contribution >= 4 is 35.8 Å².